The third kappa shape index (κ3) is 5.82. The van der Waals surface area contributed by atoms with Crippen molar-refractivity contribution in [2.45, 2.75) is 33.7 Å². The smallest absolute Gasteiger partial charge is 0.0417 e. The lowest BCUT2D eigenvalue weighted by Crippen LogP contribution is -2.38. The molecule has 0 radical (unpaired) electrons. The van der Waals surface area contributed by atoms with Gasteiger partial charge in [-0.25, -0.2) is 0 Å². The average molecular weight is 348 g/mol. The number of hydrogen-bond donors (Lipinski definition) is 1. The van der Waals surface area contributed by atoms with Gasteiger partial charge in [0.1, 0.15) is 0 Å². The highest BCUT2D eigenvalue weighted by Crippen LogP contribution is 2.24. The van der Waals surface area contributed by atoms with Gasteiger partial charge in [-0.05, 0) is 42.6 Å². The maximum Gasteiger partial charge on any atom is 0.0417 e. The van der Waals surface area contributed by atoms with Gasteiger partial charge in [0.2, 0.25) is 0 Å². The normalized spacial score (nSPS) is 12.2. The van der Waals surface area contributed by atoms with Crippen LogP contribution in [0.1, 0.15) is 32.8 Å². The van der Waals surface area contributed by atoms with Gasteiger partial charge in [-0.3, -0.25) is 4.90 Å². The van der Waals surface area contributed by atoms with E-state index in [4.69, 9.17) is 17.3 Å². The minimum absolute atomic E-state index is 0.147. The summed E-state index contributed by atoms with van der Waals surface area (Å²) < 4.78 is 1.08. The molecule has 2 nitrogen and oxygen atoms in total. The Labute approximate surface area is 130 Å². The standard InChI is InChI=1S/C15H24BrClN2/c1-4-7-19(11-15(2,3)10-18)9-12-5-6-13(17)8-14(12)16/h5-6,8H,4,7,9-11,18H2,1-3H3. The molecule has 1 aromatic rings. The maximum absolute atomic E-state index is 5.98. The van der Waals surface area contributed by atoms with Crippen molar-refractivity contribution in [1.82, 2.24) is 4.90 Å². The second-order valence-electron chi connectivity index (χ2n) is 5.81. The quantitative estimate of drug-likeness (QED) is 0.797. The fourth-order valence-corrected chi connectivity index (χ4v) is 2.90. The first kappa shape index (κ1) is 17.0. The molecule has 0 saturated carbocycles. The van der Waals surface area contributed by atoms with Crippen molar-refractivity contribution >= 4 is 27.5 Å². The molecular weight excluding hydrogens is 324 g/mol. The summed E-state index contributed by atoms with van der Waals surface area (Å²) >= 11 is 9.57. The Hall–Kier alpha value is -0.0900. The van der Waals surface area contributed by atoms with E-state index in [-0.39, 0.29) is 5.41 Å². The second kappa shape index (κ2) is 7.63. The first-order valence-corrected chi connectivity index (χ1v) is 7.91. The van der Waals surface area contributed by atoms with Gasteiger partial charge in [-0.15, -0.1) is 0 Å². The maximum atomic E-state index is 5.98. The minimum Gasteiger partial charge on any atom is -0.330 e. The number of nitrogens with two attached hydrogens (primary N) is 1. The molecule has 4 heteroatoms. The highest BCUT2D eigenvalue weighted by atomic mass is 79.9. The van der Waals surface area contributed by atoms with E-state index in [9.17, 15) is 0 Å². The van der Waals surface area contributed by atoms with Crippen molar-refractivity contribution in [3.8, 4) is 0 Å². The zero-order valence-corrected chi connectivity index (χ0v) is 14.4. The Balaban J connectivity index is 2.77. The largest absolute Gasteiger partial charge is 0.330 e. The lowest BCUT2D eigenvalue weighted by Gasteiger charge is -2.32. The SMILES string of the molecule is CCCN(Cc1ccc(Cl)cc1Br)CC(C)(C)CN. The summed E-state index contributed by atoms with van der Waals surface area (Å²) in [5, 5.41) is 0.764. The molecule has 0 spiro atoms. The molecule has 0 amide bonds. The van der Waals surface area contributed by atoms with Crippen molar-refractivity contribution < 1.29 is 0 Å². The molecule has 0 heterocycles. The summed E-state index contributed by atoms with van der Waals surface area (Å²) in [6.45, 7) is 10.4. The highest BCUT2D eigenvalue weighted by Gasteiger charge is 2.20. The van der Waals surface area contributed by atoms with Gasteiger partial charge in [0, 0.05) is 22.6 Å². The summed E-state index contributed by atoms with van der Waals surface area (Å²) in [6, 6.07) is 5.99. The van der Waals surface area contributed by atoms with Crippen LogP contribution in [0.25, 0.3) is 0 Å². The first-order valence-electron chi connectivity index (χ1n) is 6.74. The van der Waals surface area contributed by atoms with Gasteiger partial charge in [0.25, 0.3) is 0 Å². The predicted molar refractivity (Wildman–Crippen MR) is 87.6 cm³/mol. The van der Waals surface area contributed by atoms with Crippen molar-refractivity contribution in [2.24, 2.45) is 11.1 Å². The molecule has 0 aliphatic rings. The molecular formula is C15H24BrClN2. The topological polar surface area (TPSA) is 29.3 Å². The van der Waals surface area contributed by atoms with E-state index in [1.54, 1.807) is 0 Å². The molecule has 0 aliphatic carbocycles. The van der Waals surface area contributed by atoms with E-state index in [0.29, 0.717) is 6.54 Å². The number of benzene rings is 1. The van der Waals surface area contributed by atoms with Crippen molar-refractivity contribution in [2.75, 3.05) is 19.6 Å². The number of hydrogen-bond acceptors (Lipinski definition) is 2. The molecule has 0 aliphatic heterocycles. The summed E-state index contributed by atoms with van der Waals surface area (Å²) in [4.78, 5) is 2.46. The second-order valence-corrected chi connectivity index (χ2v) is 7.11. The van der Waals surface area contributed by atoms with Gasteiger partial charge in [-0.2, -0.15) is 0 Å². The van der Waals surface area contributed by atoms with E-state index in [1.165, 1.54) is 5.56 Å². The van der Waals surface area contributed by atoms with Crippen LogP contribution in [0.4, 0.5) is 0 Å². The summed E-state index contributed by atoms with van der Waals surface area (Å²) in [5.41, 5.74) is 7.26. The van der Waals surface area contributed by atoms with Gasteiger partial charge in [-0.1, -0.05) is 54.4 Å². The predicted octanol–water partition coefficient (Wildman–Crippen LogP) is 4.30. The van der Waals surface area contributed by atoms with Crippen molar-refractivity contribution in [1.29, 1.82) is 0 Å². The summed E-state index contributed by atoms with van der Waals surface area (Å²) in [6.07, 6.45) is 1.14. The van der Waals surface area contributed by atoms with Gasteiger partial charge in [0.15, 0.2) is 0 Å². The number of halogens is 2. The molecule has 0 unspecified atom stereocenters. The van der Waals surface area contributed by atoms with Crippen LogP contribution in [0.5, 0.6) is 0 Å². The van der Waals surface area contributed by atoms with Crippen LogP contribution < -0.4 is 5.73 Å². The average Bonchev–Trinajstić information content (AvgIpc) is 2.32. The van der Waals surface area contributed by atoms with Crippen LogP contribution in [0.15, 0.2) is 22.7 Å². The van der Waals surface area contributed by atoms with E-state index in [2.05, 4.69) is 47.7 Å². The Morgan fingerprint density at radius 2 is 2.05 bits per heavy atom. The minimum atomic E-state index is 0.147. The Kier molecular flexibility index (Phi) is 6.81. The third-order valence-corrected chi connectivity index (χ3v) is 4.13. The lowest BCUT2D eigenvalue weighted by atomic mass is 9.93. The molecule has 108 valence electrons. The van der Waals surface area contributed by atoms with Crippen LogP contribution >= 0.6 is 27.5 Å². The zero-order chi connectivity index (χ0) is 14.5. The van der Waals surface area contributed by atoms with Crippen LogP contribution in [0.3, 0.4) is 0 Å². The molecule has 0 bridgehead atoms. The summed E-state index contributed by atoms with van der Waals surface area (Å²) in [7, 11) is 0. The third-order valence-electron chi connectivity index (χ3n) is 3.15. The fourth-order valence-electron chi connectivity index (χ4n) is 2.09. The molecule has 0 saturated heterocycles. The first-order chi connectivity index (χ1) is 8.88. The van der Waals surface area contributed by atoms with Crippen LogP contribution in [0.2, 0.25) is 5.02 Å². The van der Waals surface area contributed by atoms with Crippen molar-refractivity contribution in [3.63, 3.8) is 0 Å². The fraction of sp³-hybridized carbons (Fsp3) is 0.600. The molecule has 2 N–H and O–H groups in total. The molecule has 0 fully saturated rings. The summed E-state index contributed by atoms with van der Waals surface area (Å²) in [5.74, 6) is 0. The van der Waals surface area contributed by atoms with Gasteiger partial charge < -0.3 is 5.73 Å². The lowest BCUT2D eigenvalue weighted by molar-refractivity contribution is 0.175. The molecule has 0 atom stereocenters. The van der Waals surface area contributed by atoms with Crippen molar-refractivity contribution in [3.05, 3.63) is 33.3 Å². The van der Waals surface area contributed by atoms with Crippen LogP contribution in [-0.2, 0) is 6.54 Å². The van der Waals surface area contributed by atoms with E-state index >= 15 is 0 Å². The van der Waals surface area contributed by atoms with E-state index in [0.717, 1.165) is 35.6 Å². The number of rotatable bonds is 7. The van der Waals surface area contributed by atoms with E-state index < -0.39 is 0 Å². The molecule has 0 aromatic heterocycles. The molecule has 1 aromatic carbocycles. The highest BCUT2D eigenvalue weighted by molar-refractivity contribution is 9.10. The Bertz CT molecular complexity index is 407. The van der Waals surface area contributed by atoms with E-state index in [1.807, 2.05) is 12.1 Å². The van der Waals surface area contributed by atoms with Gasteiger partial charge >= 0.3 is 0 Å². The Morgan fingerprint density at radius 3 is 2.58 bits per heavy atom. The Morgan fingerprint density at radius 1 is 1.37 bits per heavy atom. The molecule has 1 rings (SSSR count). The zero-order valence-electron chi connectivity index (χ0n) is 12.0. The molecule has 19 heavy (non-hydrogen) atoms. The monoisotopic (exact) mass is 346 g/mol. The van der Waals surface area contributed by atoms with Crippen LogP contribution in [0, 0.1) is 5.41 Å². The van der Waals surface area contributed by atoms with Gasteiger partial charge in [0.05, 0.1) is 0 Å². The van der Waals surface area contributed by atoms with Crippen LogP contribution in [-0.4, -0.2) is 24.5 Å². The number of nitrogens with zero attached hydrogens (tertiary/aromatic N) is 1.